The monoisotopic (exact) mass is 285 g/mol. The smallest absolute Gasteiger partial charge is 0.336 e. The second-order valence-electron chi connectivity index (χ2n) is 4.52. The number of carboxylic acid groups (broad SMARTS) is 1. The number of carbonyl (C=O) groups is 1. The molecule has 5 heteroatoms. The molecule has 0 atom stereocenters. The van der Waals surface area contributed by atoms with Gasteiger partial charge in [0.1, 0.15) is 0 Å². The van der Waals surface area contributed by atoms with E-state index < -0.39 is 11.8 Å². The van der Waals surface area contributed by atoms with Crippen LogP contribution < -0.4 is 4.74 Å². The van der Waals surface area contributed by atoms with E-state index in [2.05, 4.69) is 0 Å². The van der Waals surface area contributed by atoms with Crippen molar-refractivity contribution in [1.82, 2.24) is 4.57 Å². The van der Waals surface area contributed by atoms with Gasteiger partial charge in [0.05, 0.1) is 23.9 Å². The van der Waals surface area contributed by atoms with Crippen molar-refractivity contribution in [2.75, 3.05) is 7.11 Å². The highest BCUT2D eigenvalue weighted by molar-refractivity contribution is 6.03. The van der Waals surface area contributed by atoms with Crippen molar-refractivity contribution < 1.29 is 19.0 Å². The lowest BCUT2D eigenvalue weighted by molar-refractivity contribution is 0.0699. The number of aromatic nitrogens is 1. The number of carboxylic acids is 1. The SMILES string of the molecule is COc1cccc(-n2ccc3c(C(=O)O)cccc32)c1F. The topological polar surface area (TPSA) is 51.5 Å². The molecular weight excluding hydrogens is 273 g/mol. The maximum Gasteiger partial charge on any atom is 0.336 e. The molecule has 1 heterocycles. The van der Waals surface area contributed by atoms with E-state index in [9.17, 15) is 14.3 Å². The fourth-order valence-electron chi connectivity index (χ4n) is 2.41. The maximum absolute atomic E-state index is 14.4. The highest BCUT2D eigenvalue weighted by Gasteiger charge is 2.15. The van der Waals surface area contributed by atoms with Crippen LogP contribution in [-0.4, -0.2) is 22.8 Å². The molecule has 3 rings (SSSR count). The zero-order valence-corrected chi connectivity index (χ0v) is 11.2. The Morgan fingerprint density at radius 1 is 1.19 bits per heavy atom. The van der Waals surface area contributed by atoms with Crippen LogP contribution >= 0.6 is 0 Å². The summed E-state index contributed by atoms with van der Waals surface area (Å²) in [6.45, 7) is 0. The molecule has 2 aromatic carbocycles. The number of benzene rings is 2. The second-order valence-corrected chi connectivity index (χ2v) is 4.52. The molecule has 4 nitrogen and oxygen atoms in total. The van der Waals surface area contributed by atoms with Crippen molar-refractivity contribution in [3.8, 4) is 11.4 Å². The van der Waals surface area contributed by atoms with Gasteiger partial charge < -0.3 is 14.4 Å². The third-order valence-corrected chi connectivity index (χ3v) is 3.39. The predicted octanol–water partition coefficient (Wildman–Crippen LogP) is 3.48. The Labute approximate surface area is 120 Å². The number of halogens is 1. The predicted molar refractivity (Wildman–Crippen MR) is 76.7 cm³/mol. The molecule has 0 unspecified atom stereocenters. The molecule has 0 saturated carbocycles. The lowest BCUT2D eigenvalue weighted by atomic mass is 10.1. The Hall–Kier alpha value is -2.82. The Balaban J connectivity index is 2.28. The fourth-order valence-corrected chi connectivity index (χ4v) is 2.41. The summed E-state index contributed by atoms with van der Waals surface area (Å²) in [4.78, 5) is 11.2. The lowest BCUT2D eigenvalue weighted by Gasteiger charge is -2.10. The highest BCUT2D eigenvalue weighted by Crippen LogP contribution is 2.28. The number of rotatable bonds is 3. The van der Waals surface area contributed by atoms with Gasteiger partial charge in [0.15, 0.2) is 11.6 Å². The molecule has 0 aliphatic rings. The minimum absolute atomic E-state index is 0.142. The van der Waals surface area contributed by atoms with Crippen LogP contribution in [0.3, 0.4) is 0 Å². The van der Waals surface area contributed by atoms with Crippen LogP contribution in [0.2, 0.25) is 0 Å². The molecule has 0 aliphatic heterocycles. The summed E-state index contributed by atoms with van der Waals surface area (Å²) >= 11 is 0. The van der Waals surface area contributed by atoms with Gasteiger partial charge in [-0.3, -0.25) is 0 Å². The van der Waals surface area contributed by atoms with Crippen molar-refractivity contribution in [3.05, 3.63) is 60.0 Å². The van der Waals surface area contributed by atoms with Gasteiger partial charge in [-0.15, -0.1) is 0 Å². The summed E-state index contributed by atoms with van der Waals surface area (Å²) in [5, 5.41) is 9.76. The van der Waals surface area contributed by atoms with E-state index in [4.69, 9.17) is 4.74 Å². The Bertz CT molecular complexity index is 839. The van der Waals surface area contributed by atoms with E-state index >= 15 is 0 Å². The Kier molecular flexibility index (Phi) is 3.10. The second kappa shape index (κ2) is 4.94. The van der Waals surface area contributed by atoms with Gasteiger partial charge in [0, 0.05) is 11.6 Å². The number of hydrogen-bond acceptors (Lipinski definition) is 2. The van der Waals surface area contributed by atoms with Crippen molar-refractivity contribution in [3.63, 3.8) is 0 Å². The molecule has 0 saturated heterocycles. The van der Waals surface area contributed by atoms with Crippen LogP contribution in [0.1, 0.15) is 10.4 Å². The standard InChI is InChI=1S/C16H12FNO3/c1-21-14-7-3-6-13(15(14)17)18-9-8-10-11(16(19)20)4-2-5-12(10)18/h2-9H,1H3,(H,19,20). The van der Waals surface area contributed by atoms with Crippen molar-refractivity contribution >= 4 is 16.9 Å². The maximum atomic E-state index is 14.4. The zero-order valence-electron chi connectivity index (χ0n) is 11.2. The number of nitrogens with zero attached hydrogens (tertiary/aromatic N) is 1. The highest BCUT2D eigenvalue weighted by atomic mass is 19.1. The largest absolute Gasteiger partial charge is 0.494 e. The summed E-state index contributed by atoms with van der Waals surface area (Å²) in [7, 11) is 1.40. The van der Waals surface area contributed by atoms with E-state index in [1.165, 1.54) is 19.2 Å². The van der Waals surface area contributed by atoms with Crippen LogP contribution in [0.4, 0.5) is 4.39 Å². The van der Waals surface area contributed by atoms with Crippen LogP contribution in [0.5, 0.6) is 5.75 Å². The van der Waals surface area contributed by atoms with Crippen LogP contribution in [0, 0.1) is 5.82 Å². The minimum Gasteiger partial charge on any atom is -0.494 e. The Morgan fingerprint density at radius 2 is 1.95 bits per heavy atom. The van der Waals surface area contributed by atoms with Gasteiger partial charge >= 0.3 is 5.97 Å². The lowest BCUT2D eigenvalue weighted by Crippen LogP contribution is -2.00. The van der Waals surface area contributed by atoms with Crippen LogP contribution in [-0.2, 0) is 0 Å². The van der Waals surface area contributed by atoms with Crippen LogP contribution in [0.25, 0.3) is 16.6 Å². The van der Waals surface area contributed by atoms with Gasteiger partial charge in [-0.05, 0) is 30.3 Å². The first-order chi connectivity index (χ1) is 10.1. The third kappa shape index (κ3) is 2.03. The van der Waals surface area contributed by atoms with E-state index in [0.29, 0.717) is 16.6 Å². The average Bonchev–Trinajstić information content (AvgIpc) is 2.91. The molecule has 0 aliphatic carbocycles. The minimum atomic E-state index is -1.01. The molecule has 1 N–H and O–H groups in total. The summed E-state index contributed by atoms with van der Waals surface area (Å²) in [6.07, 6.45) is 1.65. The fraction of sp³-hybridized carbons (Fsp3) is 0.0625. The molecule has 0 radical (unpaired) electrons. The van der Waals surface area contributed by atoms with Gasteiger partial charge in [0.2, 0.25) is 0 Å². The zero-order chi connectivity index (χ0) is 15.0. The van der Waals surface area contributed by atoms with Gasteiger partial charge in [0.25, 0.3) is 0 Å². The van der Waals surface area contributed by atoms with Crippen LogP contribution in [0.15, 0.2) is 48.7 Å². The van der Waals surface area contributed by atoms with Crippen molar-refractivity contribution in [1.29, 1.82) is 0 Å². The molecular formula is C16H12FNO3. The molecule has 3 aromatic rings. The number of fused-ring (bicyclic) bond motifs is 1. The summed E-state index contributed by atoms with van der Waals surface area (Å²) in [5.41, 5.74) is 1.13. The molecule has 0 bridgehead atoms. The number of hydrogen-bond donors (Lipinski definition) is 1. The first kappa shape index (κ1) is 13.2. The number of ether oxygens (including phenoxy) is 1. The quantitative estimate of drug-likeness (QED) is 0.801. The number of methoxy groups -OCH3 is 1. The van der Waals surface area contributed by atoms with E-state index in [1.54, 1.807) is 41.1 Å². The Morgan fingerprint density at radius 3 is 2.67 bits per heavy atom. The van der Waals surface area contributed by atoms with E-state index in [1.807, 2.05) is 0 Å². The van der Waals surface area contributed by atoms with E-state index in [0.717, 1.165) is 0 Å². The summed E-state index contributed by atoms with van der Waals surface area (Å²) < 4.78 is 20.9. The van der Waals surface area contributed by atoms with Gasteiger partial charge in [-0.2, -0.15) is 0 Å². The molecule has 0 spiro atoms. The van der Waals surface area contributed by atoms with E-state index in [-0.39, 0.29) is 11.3 Å². The molecule has 0 fully saturated rings. The normalized spacial score (nSPS) is 10.8. The number of aromatic carboxylic acids is 1. The third-order valence-electron chi connectivity index (χ3n) is 3.39. The van der Waals surface area contributed by atoms with Crippen molar-refractivity contribution in [2.45, 2.75) is 0 Å². The molecule has 106 valence electrons. The molecule has 0 amide bonds. The van der Waals surface area contributed by atoms with Gasteiger partial charge in [-0.1, -0.05) is 12.1 Å². The first-order valence-corrected chi connectivity index (χ1v) is 6.29. The molecule has 1 aromatic heterocycles. The summed E-state index contributed by atoms with van der Waals surface area (Å²) in [5.74, 6) is -1.36. The first-order valence-electron chi connectivity index (χ1n) is 6.29. The molecule has 21 heavy (non-hydrogen) atoms. The van der Waals surface area contributed by atoms with Gasteiger partial charge in [-0.25, -0.2) is 9.18 Å². The van der Waals surface area contributed by atoms with Crippen molar-refractivity contribution in [2.24, 2.45) is 0 Å². The average molecular weight is 285 g/mol. The summed E-state index contributed by atoms with van der Waals surface area (Å²) in [6, 6.07) is 11.4.